The molecule has 0 N–H and O–H groups in total. The Kier molecular flexibility index (Phi) is 5.64. The second-order valence-electron chi connectivity index (χ2n) is 4.24. The van der Waals surface area contributed by atoms with Crippen LogP contribution in [-0.2, 0) is 0 Å². The molecule has 0 amide bonds. The molecule has 0 aliphatic carbocycles. The molecule has 0 aliphatic rings. The molecule has 0 fully saturated rings. The Bertz CT molecular complexity index is 99.5. The van der Waals surface area contributed by atoms with E-state index in [-0.39, 0.29) is 28.6 Å². The predicted molar refractivity (Wildman–Crippen MR) is 65.6 cm³/mol. The summed E-state index contributed by atoms with van der Waals surface area (Å²) in [6.45, 7) is 12.5. The summed E-state index contributed by atoms with van der Waals surface area (Å²) >= 11 is 0. The fourth-order valence-corrected chi connectivity index (χ4v) is 6.89. The smallest absolute Gasteiger partial charge is 0.0197 e. The van der Waals surface area contributed by atoms with Gasteiger partial charge in [0.25, 0.3) is 0 Å². The van der Waals surface area contributed by atoms with E-state index in [9.17, 15) is 0 Å². The van der Waals surface area contributed by atoms with E-state index in [1.165, 1.54) is 0 Å². The first-order valence-corrected chi connectivity index (χ1v) is 11.5. The van der Waals surface area contributed by atoms with Crippen LogP contribution >= 0.6 is 0 Å². The minimum absolute atomic E-state index is 0.263. The van der Waals surface area contributed by atoms with Crippen LogP contribution < -0.4 is 0 Å². The van der Waals surface area contributed by atoms with Crippen molar-refractivity contribution in [3.8, 4) is 0 Å². The first kappa shape index (κ1) is 11.7. The lowest BCUT2D eigenvalue weighted by Gasteiger charge is -2.28. The highest BCUT2D eigenvalue weighted by Crippen LogP contribution is 2.32. The predicted octanol–water partition coefficient (Wildman–Crippen LogP) is 0.972. The lowest BCUT2D eigenvalue weighted by Crippen LogP contribution is -2.22. The van der Waals surface area contributed by atoms with Crippen LogP contribution in [0, 0.1) is 0 Å². The molecule has 0 radical (unpaired) electrons. The van der Waals surface area contributed by atoms with Gasteiger partial charge in [-0.25, -0.2) is 0 Å². The number of hydrogen-bond acceptors (Lipinski definition) is 0. The van der Waals surface area contributed by atoms with Crippen molar-refractivity contribution >= 4 is 28.6 Å². The molecular formula is C8H24Si3. The maximum absolute atomic E-state index is 2.56. The van der Waals surface area contributed by atoms with Crippen LogP contribution in [0.3, 0.4) is 0 Å². The van der Waals surface area contributed by atoms with Gasteiger partial charge in [0.15, 0.2) is 0 Å². The van der Waals surface area contributed by atoms with Gasteiger partial charge in [0.2, 0.25) is 0 Å². The average molecular weight is 205 g/mol. The quantitative estimate of drug-likeness (QED) is 0.586. The summed E-state index contributed by atoms with van der Waals surface area (Å²) in [6.07, 6.45) is 1.58. The third-order valence-corrected chi connectivity index (χ3v) is 11.9. The van der Waals surface area contributed by atoms with Crippen molar-refractivity contribution < 1.29 is 0 Å². The molecule has 0 aromatic rings. The fourth-order valence-electron chi connectivity index (χ4n) is 1.52. The first-order valence-electron chi connectivity index (χ1n) is 5.08. The molecule has 1 unspecified atom stereocenters. The summed E-state index contributed by atoms with van der Waals surface area (Å²) in [7, 11) is 0.811. The van der Waals surface area contributed by atoms with E-state index in [0.717, 1.165) is 10.2 Å². The van der Waals surface area contributed by atoms with Gasteiger partial charge < -0.3 is 0 Å². The van der Waals surface area contributed by atoms with Crippen LogP contribution in [0.15, 0.2) is 0 Å². The van der Waals surface area contributed by atoms with Gasteiger partial charge in [0.1, 0.15) is 0 Å². The van der Waals surface area contributed by atoms with Gasteiger partial charge in [0, 0.05) is 28.6 Å². The van der Waals surface area contributed by atoms with Crippen LogP contribution in [0.5, 0.6) is 0 Å². The molecule has 0 rings (SSSR count). The van der Waals surface area contributed by atoms with Gasteiger partial charge in [-0.3, -0.25) is 0 Å². The van der Waals surface area contributed by atoms with Crippen molar-refractivity contribution in [2.75, 3.05) is 0 Å². The van der Waals surface area contributed by atoms with E-state index < -0.39 is 0 Å². The molecule has 11 heavy (non-hydrogen) atoms. The van der Waals surface area contributed by atoms with Gasteiger partial charge >= 0.3 is 0 Å². The average Bonchev–Trinajstić information content (AvgIpc) is 2.04. The Hall–Kier alpha value is 0.651. The second-order valence-corrected chi connectivity index (χ2v) is 12.3. The molecular weight excluding hydrogens is 180 g/mol. The van der Waals surface area contributed by atoms with Crippen molar-refractivity contribution in [2.45, 2.75) is 50.1 Å². The second kappa shape index (κ2) is 5.32. The molecule has 68 valence electrons. The SMILES string of the molecule is C[SiH2]C(C)CC(C)([SiH2]C)[SiH2]C. The van der Waals surface area contributed by atoms with Gasteiger partial charge in [-0.15, -0.1) is 0 Å². The van der Waals surface area contributed by atoms with Gasteiger partial charge in [0.05, 0.1) is 0 Å². The molecule has 0 aliphatic heterocycles. The van der Waals surface area contributed by atoms with Crippen LogP contribution in [0.2, 0.25) is 29.8 Å². The number of hydrogen-bond donors (Lipinski definition) is 0. The molecule has 1 atom stereocenters. The topological polar surface area (TPSA) is 0 Å². The molecule has 0 aromatic heterocycles. The van der Waals surface area contributed by atoms with Gasteiger partial charge in [-0.05, 0) is 0 Å². The van der Waals surface area contributed by atoms with Crippen LogP contribution in [0.4, 0.5) is 0 Å². The molecule has 0 saturated carbocycles. The third-order valence-electron chi connectivity index (χ3n) is 3.25. The zero-order chi connectivity index (χ0) is 8.91. The van der Waals surface area contributed by atoms with E-state index >= 15 is 0 Å². The first-order chi connectivity index (χ1) is 5.08. The molecule has 0 nitrogen and oxygen atoms in total. The molecule has 0 bridgehead atoms. The maximum Gasteiger partial charge on any atom is 0.0197 e. The van der Waals surface area contributed by atoms with Crippen LogP contribution in [-0.4, -0.2) is 28.6 Å². The van der Waals surface area contributed by atoms with E-state index in [2.05, 4.69) is 33.5 Å². The highest BCUT2D eigenvalue weighted by Gasteiger charge is 2.22. The lowest BCUT2D eigenvalue weighted by molar-refractivity contribution is 0.696. The fraction of sp³-hybridized carbons (Fsp3) is 1.00. The van der Waals surface area contributed by atoms with E-state index in [4.69, 9.17) is 0 Å². The minimum Gasteiger partial charge on any atom is -0.0747 e. The Balaban J connectivity index is 3.86. The van der Waals surface area contributed by atoms with Gasteiger partial charge in [-0.1, -0.05) is 50.1 Å². The van der Waals surface area contributed by atoms with Crippen LogP contribution in [0.25, 0.3) is 0 Å². The lowest BCUT2D eigenvalue weighted by atomic mass is 10.2. The largest absolute Gasteiger partial charge is 0.0747 e. The van der Waals surface area contributed by atoms with Crippen molar-refractivity contribution in [1.82, 2.24) is 0 Å². The summed E-state index contributed by atoms with van der Waals surface area (Å²) in [4.78, 5) is 0. The zero-order valence-electron chi connectivity index (χ0n) is 8.91. The normalized spacial score (nSPS) is 22.6. The van der Waals surface area contributed by atoms with Crippen molar-refractivity contribution in [3.05, 3.63) is 0 Å². The third kappa shape index (κ3) is 4.28. The summed E-state index contributed by atoms with van der Waals surface area (Å²) in [6, 6.07) is 0. The number of rotatable bonds is 5. The van der Waals surface area contributed by atoms with Crippen molar-refractivity contribution in [1.29, 1.82) is 0 Å². The Morgan fingerprint density at radius 2 is 1.64 bits per heavy atom. The maximum atomic E-state index is 2.56. The minimum atomic E-state index is 0.263. The Labute approximate surface area is 79.0 Å². The molecule has 0 saturated heterocycles. The monoisotopic (exact) mass is 204 g/mol. The van der Waals surface area contributed by atoms with E-state index in [0.29, 0.717) is 0 Å². The summed E-state index contributed by atoms with van der Waals surface area (Å²) in [5.41, 5.74) is 1.11. The molecule has 0 aromatic carbocycles. The summed E-state index contributed by atoms with van der Waals surface area (Å²) in [5, 5.41) is 0. The molecule has 0 heterocycles. The highest BCUT2D eigenvalue weighted by atomic mass is 28.3. The Morgan fingerprint density at radius 3 is 1.91 bits per heavy atom. The highest BCUT2D eigenvalue weighted by molar-refractivity contribution is 6.60. The summed E-state index contributed by atoms with van der Waals surface area (Å²) < 4.78 is 0.919. The van der Waals surface area contributed by atoms with Gasteiger partial charge in [-0.2, -0.15) is 0 Å². The Morgan fingerprint density at radius 1 is 1.18 bits per heavy atom. The standard InChI is InChI=1S/C8H24Si3/c1-7(9-3)6-8(2,10-4)11-5/h7H,6,9-11H2,1-5H3. The van der Waals surface area contributed by atoms with E-state index in [1.54, 1.807) is 6.42 Å². The van der Waals surface area contributed by atoms with Crippen molar-refractivity contribution in [2.24, 2.45) is 0 Å². The molecule has 3 heteroatoms. The van der Waals surface area contributed by atoms with E-state index in [1.807, 2.05) is 0 Å². The van der Waals surface area contributed by atoms with Crippen molar-refractivity contribution in [3.63, 3.8) is 0 Å². The summed E-state index contributed by atoms with van der Waals surface area (Å²) in [5.74, 6) is 0. The molecule has 0 spiro atoms. The van der Waals surface area contributed by atoms with Crippen LogP contribution in [0.1, 0.15) is 20.3 Å². The zero-order valence-corrected chi connectivity index (χ0v) is 13.1.